The van der Waals surface area contributed by atoms with Crippen molar-refractivity contribution in [3.63, 3.8) is 0 Å². The van der Waals surface area contributed by atoms with Crippen LogP contribution in [0.4, 0.5) is 0 Å². The Balaban J connectivity index is 1.71. The Hall–Kier alpha value is -1.55. The van der Waals surface area contributed by atoms with Crippen molar-refractivity contribution < 1.29 is 9.53 Å². The van der Waals surface area contributed by atoms with Crippen LogP contribution in [0.1, 0.15) is 6.42 Å². The van der Waals surface area contributed by atoms with Gasteiger partial charge in [-0.15, -0.1) is 0 Å². The van der Waals surface area contributed by atoms with Crippen molar-refractivity contribution in [1.29, 1.82) is 0 Å². The van der Waals surface area contributed by atoms with Crippen LogP contribution in [0.2, 0.25) is 0 Å². The molecule has 0 bridgehead atoms. The van der Waals surface area contributed by atoms with Gasteiger partial charge in [-0.25, -0.2) is 0 Å². The van der Waals surface area contributed by atoms with Gasteiger partial charge in [-0.1, -0.05) is 18.2 Å². The number of hydrogen-bond donors (Lipinski definition) is 2. The molecule has 4 heteroatoms. The first-order valence-electron chi connectivity index (χ1n) is 5.52. The highest BCUT2D eigenvalue weighted by Gasteiger charge is 2.16. The van der Waals surface area contributed by atoms with Gasteiger partial charge < -0.3 is 15.4 Å². The summed E-state index contributed by atoms with van der Waals surface area (Å²) in [7, 11) is 0. The van der Waals surface area contributed by atoms with Gasteiger partial charge in [0.1, 0.15) is 5.75 Å². The second-order valence-electron chi connectivity index (χ2n) is 3.86. The fourth-order valence-corrected chi connectivity index (χ4v) is 1.71. The smallest absolute Gasteiger partial charge is 0.258 e. The molecule has 1 aromatic carbocycles. The first-order valence-corrected chi connectivity index (χ1v) is 5.52. The molecule has 1 aliphatic rings. The van der Waals surface area contributed by atoms with Crippen LogP contribution in [0.5, 0.6) is 5.75 Å². The lowest BCUT2D eigenvalue weighted by Gasteiger charge is -2.11. The van der Waals surface area contributed by atoms with Crippen LogP contribution in [0.15, 0.2) is 30.3 Å². The van der Waals surface area contributed by atoms with Crippen LogP contribution in [-0.2, 0) is 4.79 Å². The molecule has 16 heavy (non-hydrogen) atoms. The summed E-state index contributed by atoms with van der Waals surface area (Å²) in [5.41, 5.74) is 0. The first-order chi connectivity index (χ1) is 7.84. The minimum atomic E-state index is -0.0578. The molecule has 0 unspecified atom stereocenters. The Morgan fingerprint density at radius 1 is 1.44 bits per heavy atom. The van der Waals surface area contributed by atoms with Crippen LogP contribution in [0.3, 0.4) is 0 Å². The van der Waals surface area contributed by atoms with Crippen molar-refractivity contribution in [2.75, 3.05) is 19.7 Å². The van der Waals surface area contributed by atoms with Crippen molar-refractivity contribution in [3.05, 3.63) is 30.3 Å². The zero-order chi connectivity index (χ0) is 11.2. The van der Waals surface area contributed by atoms with Crippen molar-refractivity contribution in [2.24, 2.45) is 0 Å². The zero-order valence-corrected chi connectivity index (χ0v) is 9.11. The van der Waals surface area contributed by atoms with Crippen molar-refractivity contribution >= 4 is 5.91 Å². The van der Waals surface area contributed by atoms with Crippen LogP contribution < -0.4 is 15.4 Å². The maximum absolute atomic E-state index is 11.5. The van der Waals surface area contributed by atoms with Crippen LogP contribution in [0.25, 0.3) is 0 Å². The second kappa shape index (κ2) is 5.51. The summed E-state index contributed by atoms with van der Waals surface area (Å²) in [6, 6.07) is 9.61. The maximum atomic E-state index is 11.5. The molecule has 0 radical (unpaired) electrons. The van der Waals surface area contributed by atoms with Crippen LogP contribution in [0, 0.1) is 0 Å². The van der Waals surface area contributed by atoms with Crippen molar-refractivity contribution in [3.8, 4) is 5.75 Å². The number of carbonyl (C=O) groups is 1. The summed E-state index contributed by atoms with van der Waals surface area (Å²) in [4.78, 5) is 11.5. The Morgan fingerprint density at radius 3 is 2.94 bits per heavy atom. The Labute approximate surface area is 95.0 Å². The van der Waals surface area contributed by atoms with Gasteiger partial charge in [0.15, 0.2) is 6.61 Å². The molecule has 2 rings (SSSR count). The topological polar surface area (TPSA) is 50.4 Å². The normalized spacial score (nSPS) is 19.4. The third-order valence-corrected chi connectivity index (χ3v) is 2.54. The van der Waals surface area contributed by atoms with E-state index in [4.69, 9.17) is 4.74 Å². The molecule has 1 fully saturated rings. The summed E-state index contributed by atoms with van der Waals surface area (Å²) in [6.07, 6.45) is 0.997. The van der Waals surface area contributed by atoms with Gasteiger partial charge >= 0.3 is 0 Å². The quantitative estimate of drug-likeness (QED) is 0.779. The molecule has 1 saturated heterocycles. The second-order valence-corrected chi connectivity index (χ2v) is 3.86. The molecule has 1 aromatic rings. The third kappa shape index (κ3) is 3.24. The molecule has 86 valence electrons. The Morgan fingerprint density at radius 2 is 2.25 bits per heavy atom. The van der Waals surface area contributed by atoms with Gasteiger partial charge in [0.25, 0.3) is 5.91 Å². The number of carbonyl (C=O) groups excluding carboxylic acids is 1. The molecule has 0 aromatic heterocycles. The molecule has 1 amide bonds. The summed E-state index contributed by atoms with van der Waals surface area (Å²) >= 11 is 0. The number of hydrogen-bond acceptors (Lipinski definition) is 3. The minimum Gasteiger partial charge on any atom is -0.484 e. The van der Waals surface area contributed by atoms with Gasteiger partial charge in [-0.2, -0.15) is 0 Å². The van der Waals surface area contributed by atoms with Gasteiger partial charge in [0.2, 0.25) is 0 Å². The zero-order valence-electron chi connectivity index (χ0n) is 9.11. The molecule has 0 saturated carbocycles. The van der Waals surface area contributed by atoms with Gasteiger partial charge in [0.05, 0.1) is 0 Å². The highest BCUT2D eigenvalue weighted by molar-refractivity contribution is 5.77. The van der Waals surface area contributed by atoms with E-state index in [9.17, 15) is 4.79 Å². The third-order valence-electron chi connectivity index (χ3n) is 2.54. The molecule has 1 aliphatic heterocycles. The number of ether oxygens (including phenoxy) is 1. The van der Waals surface area contributed by atoms with Crippen LogP contribution in [-0.4, -0.2) is 31.6 Å². The maximum Gasteiger partial charge on any atom is 0.258 e. The molecule has 1 heterocycles. The SMILES string of the molecule is O=C(COc1ccccc1)N[C@H]1CCNC1. The fourth-order valence-electron chi connectivity index (χ4n) is 1.71. The average molecular weight is 220 g/mol. The van der Waals surface area contributed by atoms with E-state index >= 15 is 0 Å². The van der Waals surface area contributed by atoms with Gasteiger partial charge in [0, 0.05) is 12.6 Å². The predicted octanol–water partition coefficient (Wildman–Crippen LogP) is 0.543. The lowest BCUT2D eigenvalue weighted by atomic mass is 10.2. The van der Waals surface area contributed by atoms with Gasteiger partial charge in [-0.05, 0) is 25.1 Å². The molecule has 0 aliphatic carbocycles. The van der Waals surface area contributed by atoms with E-state index in [-0.39, 0.29) is 18.6 Å². The van der Waals surface area contributed by atoms with E-state index in [0.29, 0.717) is 0 Å². The molecule has 2 N–H and O–H groups in total. The standard InChI is InChI=1S/C12H16N2O2/c15-12(14-10-6-7-13-8-10)9-16-11-4-2-1-3-5-11/h1-5,10,13H,6-9H2,(H,14,15)/t10-/m0/s1. The lowest BCUT2D eigenvalue weighted by molar-refractivity contribution is -0.123. The summed E-state index contributed by atoms with van der Waals surface area (Å²) in [5.74, 6) is 0.666. The van der Waals surface area contributed by atoms with E-state index in [1.54, 1.807) is 0 Å². The molecular formula is C12H16N2O2. The van der Waals surface area contributed by atoms with Crippen molar-refractivity contribution in [2.45, 2.75) is 12.5 Å². The minimum absolute atomic E-state index is 0.0578. The summed E-state index contributed by atoms with van der Waals surface area (Å²) in [6.45, 7) is 1.92. The molecular weight excluding hydrogens is 204 g/mol. The summed E-state index contributed by atoms with van der Waals surface area (Å²) < 4.78 is 5.35. The predicted molar refractivity (Wildman–Crippen MR) is 61.4 cm³/mol. The first kappa shape index (κ1) is 11.0. The largest absolute Gasteiger partial charge is 0.484 e. The van der Waals surface area contributed by atoms with Crippen molar-refractivity contribution in [1.82, 2.24) is 10.6 Å². The number of para-hydroxylation sites is 1. The summed E-state index contributed by atoms with van der Waals surface area (Å²) in [5, 5.41) is 6.12. The Bertz CT molecular complexity index is 334. The molecule has 1 atom stereocenters. The lowest BCUT2D eigenvalue weighted by Crippen LogP contribution is -2.39. The van der Waals surface area contributed by atoms with E-state index in [2.05, 4.69) is 10.6 Å². The molecule has 0 spiro atoms. The van der Waals surface area contributed by atoms with E-state index in [1.165, 1.54) is 0 Å². The van der Waals surface area contributed by atoms with E-state index < -0.39 is 0 Å². The van der Waals surface area contributed by atoms with E-state index in [1.807, 2.05) is 30.3 Å². The highest BCUT2D eigenvalue weighted by Crippen LogP contribution is 2.07. The van der Waals surface area contributed by atoms with Gasteiger partial charge in [-0.3, -0.25) is 4.79 Å². The number of rotatable bonds is 4. The Kier molecular flexibility index (Phi) is 3.77. The number of benzene rings is 1. The molecule has 4 nitrogen and oxygen atoms in total. The number of nitrogens with one attached hydrogen (secondary N) is 2. The fraction of sp³-hybridized carbons (Fsp3) is 0.417. The highest BCUT2D eigenvalue weighted by atomic mass is 16.5. The monoisotopic (exact) mass is 220 g/mol. The average Bonchev–Trinajstić information content (AvgIpc) is 2.81. The van der Waals surface area contributed by atoms with Crippen LogP contribution >= 0.6 is 0 Å². The van der Waals surface area contributed by atoms with E-state index in [0.717, 1.165) is 25.3 Å². The number of amides is 1.